The molecule has 1 aliphatic carbocycles. The molecule has 2 aliphatic rings. The van der Waals surface area contributed by atoms with E-state index in [9.17, 15) is 18.8 Å². The van der Waals surface area contributed by atoms with Crippen LogP contribution < -0.4 is 11.1 Å². The third-order valence-electron chi connectivity index (χ3n) is 4.86. The SMILES string of the molecule is NC(=O)c1c(NC(=O)COC(=O)[C@H]2CC(c3cccc(F)c3)=NO2)sc2c1CCC2. The van der Waals surface area contributed by atoms with Gasteiger partial charge in [0.1, 0.15) is 10.8 Å². The smallest absolute Gasteiger partial charge is 0.351 e. The molecular formula is C20H18FN3O5S. The van der Waals surface area contributed by atoms with E-state index in [0.717, 1.165) is 29.7 Å². The van der Waals surface area contributed by atoms with Crippen molar-refractivity contribution >= 4 is 39.8 Å². The number of nitrogens with one attached hydrogen (secondary N) is 1. The molecule has 0 spiro atoms. The minimum absolute atomic E-state index is 0.105. The van der Waals surface area contributed by atoms with Crippen LogP contribution in [0, 0.1) is 5.82 Å². The highest BCUT2D eigenvalue weighted by molar-refractivity contribution is 7.17. The van der Waals surface area contributed by atoms with Gasteiger partial charge in [-0.1, -0.05) is 17.3 Å². The molecule has 0 bridgehead atoms. The fourth-order valence-corrected chi connectivity index (χ4v) is 4.80. The molecule has 8 nitrogen and oxygen atoms in total. The zero-order valence-electron chi connectivity index (χ0n) is 15.8. The van der Waals surface area contributed by atoms with Crippen LogP contribution in [-0.2, 0) is 32.0 Å². The number of benzene rings is 1. The standard InChI is InChI=1S/C20H18FN3O5S/c21-11-4-1-3-10(7-11)13-8-14(29-24-13)20(27)28-9-16(25)23-19-17(18(22)26)12-5-2-6-15(12)30-19/h1,3-4,7,14H,2,5-6,8-9H2,(H2,22,26)(H,23,25)/t14-/m1/s1. The fourth-order valence-electron chi connectivity index (χ4n) is 3.49. The Balaban J connectivity index is 1.31. The van der Waals surface area contributed by atoms with Crippen LogP contribution in [0.2, 0.25) is 0 Å². The van der Waals surface area contributed by atoms with Crippen LogP contribution in [0.1, 0.15) is 39.2 Å². The van der Waals surface area contributed by atoms with Crippen molar-refractivity contribution in [2.45, 2.75) is 31.8 Å². The summed E-state index contributed by atoms with van der Waals surface area (Å²) in [6.07, 6.45) is 1.64. The lowest BCUT2D eigenvalue weighted by molar-refractivity contribution is -0.157. The van der Waals surface area contributed by atoms with Crippen LogP contribution in [0.25, 0.3) is 0 Å². The number of thiophene rings is 1. The van der Waals surface area contributed by atoms with E-state index in [1.807, 2.05) is 0 Å². The van der Waals surface area contributed by atoms with E-state index < -0.39 is 36.3 Å². The van der Waals surface area contributed by atoms with Crippen molar-refractivity contribution in [3.8, 4) is 0 Å². The number of esters is 1. The Labute approximate surface area is 174 Å². The fraction of sp³-hybridized carbons (Fsp3) is 0.300. The highest BCUT2D eigenvalue weighted by Gasteiger charge is 2.31. The molecule has 2 amide bonds. The van der Waals surface area contributed by atoms with Crippen molar-refractivity contribution in [3.05, 3.63) is 51.7 Å². The summed E-state index contributed by atoms with van der Waals surface area (Å²) in [6.45, 7) is -0.547. The maximum absolute atomic E-state index is 13.3. The maximum Gasteiger partial charge on any atom is 0.351 e. The number of halogens is 1. The molecule has 1 aliphatic heterocycles. The molecule has 0 radical (unpaired) electrons. The lowest BCUT2D eigenvalue weighted by atomic mass is 10.1. The van der Waals surface area contributed by atoms with Gasteiger partial charge in [-0.2, -0.15) is 0 Å². The number of carbonyl (C=O) groups is 3. The van der Waals surface area contributed by atoms with Crippen LogP contribution in [0.3, 0.4) is 0 Å². The van der Waals surface area contributed by atoms with E-state index >= 15 is 0 Å². The Hall–Kier alpha value is -3.27. The molecule has 0 fully saturated rings. The predicted octanol–water partition coefficient (Wildman–Crippen LogP) is 2.15. The summed E-state index contributed by atoms with van der Waals surface area (Å²) >= 11 is 1.32. The summed E-state index contributed by atoms with van der Waals surface area (Å²) in [7, 11) is 0. The first kappa shape index (κ1) is 20.0. The minimum Gasteiger partial charge on any atom is -0.453 e. The Morgan fingerprint density at radius 1 is 1.33 bits per heavy atom. The van der Waals surface area contributed by atoms with Gasteiger partial charge in [0.2, 0.25) is 6.10 Å². The van der Waals surface area contributed by atoms with E-state index in [-0.39, 0.29) is 6.42 Å². The molecule has 0 saturated carbocycles. The summed E-state index contributed by atoms with van der Waals surface area (Å²) in [5, 5.41) is 6.78. The average molecular weight is 431 g/mol. The molecule has 1 aromatic heterocycles. The third-order valence-corrected chi connectivity index (χ3v) is 6.06. The quantitative estimate of drug-likeness (QED) is 0.679. The predicted molar refractivity (Wildman–Crippen MR) is 107 cm³/mol. The number of nitrogens with two attached hydrogens (primary N) is 1. The second-order valence-corrected chi connectivity index (χ2v) is 8.03. The molecule has 3 N–H and O–H groups in total. The first-order chi connectivity index (χ1) is 14.4. The van der Waals surface area contributed by atoms with Crippen molar-refractivity contribution in [2.75, 3.05) is 11.9 Å². The molecule has 10 heteroatoms. The molecule has 30 heavy (non-hydrogen) atoms. The Bertz CT molecular complexity index is 1060. The summed E-state index contributed by atoms with van der Waals surface area (Å²) in [4.78, 5) is 42.3. The number of hydrogen-bond acceptors (Lipinski definition) is 7. The third kappa shape index (κ3) is 4.04. The number of rotatable bonds is 6. The van der Waals surface area contributed by atoms with Crippen LogP contribution in [0.4, 0.5) is 9.39 Å². The lowest BCUT2D eigenvalue weighted by Crippen LogP contribution is -2.28. The van der Waals surface area contributed by atoms with Gasteiger partial charge >= 0.3 is 5.97 Å². The number of nitrogens with zero attached hydrogens (tertiary/aromatic N) is 1. The van der Waals surface area contributed by atoms with Gasteiger partial charge in [-0.3, -0.25) is 9.59 Å². The summed E-state index contributed by atoms with van der Waals surface area (Å²) in [5.74, 6) is -2.37. The summed E-state index contributed by atoms with van der Waals surface area (Å²) < 4.78 is 18.3. The number of carbonyl (C=O) groups excluding carboxylic acids is 3. The summed E-state index contributed by atoms with van der Waals surface area (Å²) in [5.41, 5.74) is 7.61. The molecule has 0 unspecified atom stereocenters. The van der Waals surface area contributed by atoms with Gasteiger partial charge in [0, 0.05) is 16.9 Å². The van der Waals surface area contributed by atoms with Crippen LogP contribution in [0.15, 0.2) is 29.4 Å². The largest absolute Gasteiger partial charge is 0.453 e. The first-order valence-electron chi connectivity index (χ1n) is 9.32. The average Bonchev–Trinajstić information content (AvgIpc) is 3.41. The zero-order valence-corrected chi connectivity index (χ0v) is 16.6. The number of fused-ring (bicyclic) bond motifs is 1. The number of primary amides is 1. The lowest BCUT2D eigenvalue weighted by Gasteiger charge is -2.09. The molecule has 4 rings (SSSR count). The normalized spacial score (nSPS) is 17.1. The van der Waals surface area contributed by atoms with Crippen molar-refractivity contribution in [1.82, 2.24) is 0 Å². The monoisotopic (exact) mass is 431 g/mol. The Morgan fingerprint density at radius 2 is 2.17 bits per heavy atom. The number of anilines is 1. The number of oxime groups is 1. The highest BCUT2D eigenvalue weighted by atomic mass is 32.1. The van der Waals surface area contributed by atoms with E-state index in [2.05, 4.69) is 10.5 Å². The van der Waals surface area contributed by atoms with Crippen molar-refractivity contribution in [3.63, 3.8) is 0 Å². The van der Waals surface area contributed by atoms with E-state index in [0.29, 0.717) is 21.8 Å². The van der Waals surface area contributed by atoms with Gasteiger partial charge in [0.05, 0.1) is 11.3 Å². The second-order valence-electron chi connectivity index (χ2n) is 6.93. The Morgan fingerprint density at radius 3 is 2.93 bits per heavy atom. The number of amides is 2. The number of ether oxygens (including phenoxy) is 1. The molecule has 156 valence electrons. The highest BCUT2D eigenvalue weighted by Crippen LogP contribution is 2.38. The van der Waals surface area contributed by atoms with Gasteiger partial charge in [-0.25, -0.2) is 9.18 Å². The zero-order chi connectivity index (χ0) is 21.3. The van der Waals surface area contributed by atoms with Gasteiger partial charge in [0.15, 0.2) is 6.61 Å². The van der Waals surface area contributed by atoms with Crippen LogP contribution in [0.5, 0.6) is 0 Å². The van der Waals surface area contributed by atoms with E-state index in [1.54, 1.807) is 6.07 Å². The van der Waals surface area contributed by atoms with Gasteiger partial charge in [0.25, 0.3) is 11.8 Å². The Kier molecular flexibility index (Phi) is 5.49. The molecular weight excluding hydrogens is 413 g/mol. The maximum atomic E-state index is 13.3. The molecule has 2 aromatic rings. The van der Waals surface area contributed by atoms with Crippen LogP contribution >= 0.6 is 11.3 Å². The first-order valence-corrected chi connectivity index (χ1v) is 10.1. The van der Waals surface area contributed by atoms with Crippen molar-refractivity contribution in [2.24, 2.45) is 10.9 Å². The van der Waals surface area contributed by atoms with Crippen LogP contribution in [-0.4, -0.2) is 36.2 Å². The minimum atomic E-state index is -1.01. The molecule has 1 aromatic carbocycles. The van der Waals surface area contributed by atoms with Gasteiger partial charge in [-0.15, -0.1) is 11.3 Å². The van der Waals surface area contributed by atoms with E-state index in [4.69, 9.17) is 15.3 Å². The van der Waals surface area contributed by atoms with Crippen molar-refractivity contribution in [1.29, 1.82) is 0 Å². The summed E-state index contributed by atoms with van der Waals surface area (Å²) in [6, 6.07) is 5.78. The molecule has 1 atom stereocenters. The second kappa shape index (κ2) is 8.23. The van der Waals surface area contributed by atoms with Crippen molar-refractivity contribution < 1.29 is 28.3 Å². The molecule has 0 saturated heterocycles. The van der Waals surface area contributed by atoms with Gasteiger partial charge < -0.3 is 20.6 Å². The molecule has 2 heterocycles. The van der Waals surface area contributed by atoms with Gasteiger partial charge in [-0.05, 0) is 37.0 Å². The van der Waals surface area contributed by atoms with E-state index in [1.165, 1.54) is 29.5 Å². The number of hydrogen-bond donors (Lipinski definition) is 2. The number of aryl methyl sites for hydroxylation is 1. The topological polar surface area (TPSA) is 120 Å².